The Morgan fingerprint density at radius 2 is 2.06 bits per heavy atom. The van der Waals surface area contributed by atoms with Crippen molar-refractivity contribution in [2.45, 2.75) is 38.6 Å². The van der Waals surface area contributed by atoms with Crippen molar-refractivity contribution < 1.29 is 4.42 Å². The molecule has 1 saturated carbocycles. The van der Waals surface area contributed by atoms with Crippen LogP contribution in [0.15, 0.2) is 21.2 Å². The lowest BCUT2D eigenvalue weighted by Crippen LogP contribution is -2.35. The van der Waals surface area contributed by atoms with Crippen LogP contribution in [0.4, 0.5) is 0 Å². The molecule has 1 aliphatic rings. The average Bonchev–Trinajstić information content (AvgIpc) is 2.69. The summed E-state index contributed by atoms with van der Waals surface area (Å²) in [7, 11) is 0. The van der Waals surface area contributed by atoms with Gasteiger partial charge in [0.2, 0.25) is 0 Å². The van der Waals surface area contributed by atoms with Gasteiger partial charge in [0.15, 0.2) is 4.67 Å². The summed E-state index contributed by atoms with van der Waals surface area (Å²) in [5.41, 5.74) is 2.90. The maximum Gasteiger partial charge on any atom is 0.169 e. The van der Waals surface area contributed by atoms with Crippen molar-refractivity contribution in [3.05, 3.63) is 22.6 Å². The smallest absolute Gasteiger partial charge is 0.169 e. The van der Waals surface area contributed by atoms with E-state index in [0.29, 0.717) is 5.92 Å². The molecule has 1 unspecified atom stereocenters. The van der Waals surface area contributed by atoms with Gasteiger partial charge in [0, 0.05) is 0 Å². The van der Waals surface area contributed by atoms with Crippen molar-refractivity contribution in [1.29, 1.82) is 0 Å². The Hall–Kier alpha value is -0.320. The SMILES string of the molecule is CC1CCC(C(NN)c2ccc(Br)o2)CC1. The lowest BCUT2D eigenvalue weighted by Gasteiger charge is -2.31. The minimum absolute atomic E-state index is 0.152. The first-order valence-corrected chi connectivity index (χ1v) is 6.71. The number of halogens is 1. The first kappa shape index (κ1) is 12.1. The molecule has 0 saturated heterocycles. The van der Waals surface area contributed by atoms with Gasteiger partial charge in [-0.05, 0) is 52.7 Å². The highest BCUT2D eigenvalue weighted by Gasteiger charge is 2.28. The topological polar surface area (TPSA) is 51.2 Å². The minimum Gasteiger partial charge on any atom is -0.453 e. The number of furan rings is 1. The summed E-state index contributed by atoms with van der Waals surface area (Å²) in [6, 6.07) is 4.07. The molecule has 0 bridgehead atoms. The fourth-order valence-corrected chi connectivity index (χ4v) is 2.88. The van der Waals surface area contributed by atoms with Crippen molar-refractivity contribution >= 4 is 15.9 Å². The molecule has 2 rings (SSSR count). The molecule has 1 fully saturated rings. The van der Waals surface area contributed by atoms with E-state index in [9.17, 15) is 0 Å². The third kappa shape index (κ3) is 2.67. The lowest BCUT2D eigenvalue weighted by molar-refractivity contribution is 0.212. The van der Waals surface area contributed by atoms with Crippen LogP contribution < -0.4 is 11.3 Å². The molecule has 1 heterocycles. The number of rotatable bonds is 3. The molecule has 0 aromatic carbocycles. The Morgan fingerprint density at radius 1 is 1.38 bits per heavy atom. The summed E-state index contributed by atoms with van der Waals surface area (Å²) in [5.74, 6) is 8.05. The normalized spacial score (nSPS) is 27.9. The lowest BCUT2D eigenvalue weighted by atomic mass is 9.79. The largest absolute Gasteiger partial charge is 0.453 e. The highest BCUT2D eigenvalue weighted by Crippen LogP contribution is 2.37. The Kier molecular flexibility index (Phi) is 4.05. The summed E-state index contributed by atoms with van der Waals surface area (Å²) in [4.78, 5) is 0. The average molecular weight is 287 g/mol. The Labute approximate surface area is 105 Å². The quantitative estimate of drug-likeness (QED) is 0.662. The second-order valence-electron chi connectivity index (χ2n) is 4.81. The van der Waals surface area contributed by atoms with Crippen molar-refractivity contribution in [2.75, 3.05) is 0 Å². The zero-order chi connectivity index (χ0) is 11.5. The molecule has 3 nitrogen and oxygen atoms in total. The third-order valence-corrected chi connectivity index (χ3v) is 4.04. The van der Waals surface area contributed by atoms with Crippen LogP contribution in [-0.2, 0) is 0 Å². The van der Waals surface area contributed by atoms with Gasteiger partial charge in [-0.2, -0.15) is 0 Å². The Bertz CT molecular complexity index is 332. The van der Waals surface area contributed by atoms with Gasteiger partial charge >= 0.3 is 0 Å². The zero-order valence-corrected chi connectivity index (χ0v) is 11.2. The predicted molar refractivity (Wildman–Crippen MR) is 67.6 cm³/mol. The fraction of sp³-hybridized carbons (Fsp3) is 0.667. The molecule has 0 spiro atoms. The van der Waals surface area contributed by atoms with Gasteiger partial charge in [0.05, 0.1) is 6.04 Å². The number of hydrogen-bond donors (Lipinski definition) is 2. The van der Waals surface area contributed by atoms with Crippen molar-refractivity contribution in [3.63, 3.8) is 0 Å². The number of nitrogens with two attached hydrogens (primary N) is 1. The Balaban J connectivity index is 2.05. The van der Waals surface area contributed by atoms with Gasteiger partial charge in [-0.25, -0.2) is 5.43 Å². The first-order valence-electron chi connectivity index (χ1n) is 5.92. The maximum absolute atomic E-state index is 5.65. The molecule has 90 valence electrons. The summed E-state index contributed by atoms with van der Waals surface area (Å²) in [5, 5.41) is 0. The predicted octanol–water partition coefficient (Wildman–Crippen LogP) is 3.37. The second kappa shape index (κ2) is 5.34. The number of nitrogens with one attached hydrogen (secondary N) is 1. The van der Waals surface area contributed by atoms with E-state index >= 15 is 0 Å². The molecule has 1 aromatic rings. The molecule has 4 heteroatoms. The molecule has 1 atom stereocenters. The molecule has 3 N–H and O–H groups in total. The second-order valence-corrected chi connectivity index (χ2v) is 5.59. The molecular weight excluding hydrogens is 268 g/mol. The molecule has 0 amide bonds. The highest BCUT2D eigenvalue weighted by atomic mass is 79.9. The molecule has 1 aromatic heterocycles. The van der Waals surface area contributed by atoms with Gasteiger partial charge < -0.3 is 4.42 Å². The van der Waals surface area contributed by atoms with Gasteiger partial charge in [0.1, 0.15) is 5.76 Å². The van der Waals surface area contributed by atoms with E-state index < -0.39 is 0 Å². The van der Waals surface area contributed by atoms with E-state index in [1.165, 1.54) is 25.7 Å². The van der Waals surface area contributed by atoms with E-state index in [1.54, 1.807) is 0 Å². The standard InChI is InChI=1S/C12H19BrN2O/c1-8-2-4-9(5-3-8)12(15-14)10-6-7-11(13)16-10/h6-9,12,15H,2-5,14H2,1H3. The van der Waals surface area contributed by atoms with Crippen molar-refractivity contribution in [2.24, 2.45) is 17.7 Å². The minimum atomic E-state index is 0.152. The van der Waals surface area contributed by atoms with E-state index in [-0.39, 0.29) is 6.04 Å². The molecular formula is C12H19BrN2O. The van der Waals surface area contributed by atoms with Gasteiger partial charge in [0.25, 0.3) is 0 Å². The highest BCUT2D eigenvalue weighted by molar-refractivity contribution is 9.10. The van der Waals surface area contributed by atoms with Crippen molar-refractivity contribution in [3.8, 4) is 0 Å². The number of hydrazine groups is 1. The van der Waals surface area contributed by atoms with Crippen LogP contribution in [0.1, 0.15) is 44.4 Å². The van der Waals surface area contributed by atoms with Crippen LogP contribution in [0.2, 0.25) is 0 Å². The van der Waals surface area contributed by atoms with E-state index in [0.717, 1.165) is 16.3 Å². The fourth-order valence-electron chi connectivity index (χ4n) is 2.57. The van der Waals surface area contributed by atoms with Crippen molar-refractivity contribution in [1.82, 2.24) is 5.43 Å². The van der Waals surface area contributed by atoms with Gasteiger partial charge in [-0.1, -0.05) is 19.8 Å². The molecule has 1 aliphatic carbocycles. The van der Waals surface area contributed by atoms with Crippen LogP contribution >= 0.6 is 15.9 Å². The van der Waals surface area contributed by atoms with Crippen LogP contribution in [0.5, 0.6) is 0 Å². The third-order valence-electron chi connectivity index (χ3n) is 3.61. The summed E-state index contributed by atoms with van der Waals surface area (Å²) < 4.78 is 6.36. The van der Waals surface area contributed by atoms with Crippen LogP contribution in [0.25, 0.3) is 0 Å². The first-order chi connectivity index (χ1) is 7.70. The summed E-state index contributed by atoms with van der Waals surface area (Å²) in [6.07, 6.45) is 5.05. The zero-order valence-electron chi connectivity index (χ0n) is 9.58. The van der Waals surface area contributed by atoms with E-state index in [1.807, 2.05) is 12.1 Å². The van der Waals surface area contributed by atoms with E-state index in [2.05, 4.69) is 28.3 Å². The van der Waals surface area contributed by atoms with Gasteiger partial charge in [-0.3, -0.25) is 5.84 Å². The van der Waals surface area contributed by atoms with Crippen LogP contribution in [-0.4, -0.2) is 0 Å². The van der Waals surface area contributed by atoms with Crippen LogP contribution in [0, 0.1) is 11.8 Å². The Morgan fingerprint density at radius 3 is 2.56 bits per heavy atom. The molecule has 0 radical (unpaired) electrons. The molecule has 16 heavy (non-hydrogen) atoms. The molecule has 0 aliphatic heterocycles. The number of hydrogen-bond acceptors (Lipinski definition) is 3. The van der Waals surface area contributed by atoms with E-state index in [4.69, 9.17) is 10.3 Å². The summed E-state index contributed by atoms with van der Waals surface area (Å²) in [6.45, 7) is 2.32. The van der Waals surface area contributed by atoms with Crippen LogP contribution in [0.3, 0.4) is 0 Å². The summed E-state index contributed by atoms with van der Waals surface area (Å²) >= 11 is 3.33. The van der Waals surface area contributed by atoms with Gasteiger partial charge in [-0.15, -0.1) is 0 Å². The maximum atomic E-state index is 5.65. The monoisotopic (exact) mass is 286 g/mol.